The van der Waals surface area contributed by atoms with Crippen LogP contribution < -0.4 is 16.4 Å². The minimum absolute atomic E-state index is 0.0273. The third-order valence-electron chi connectivity index (χ3n) is 4.13. The Kier molecular flexibility index (Phi) is 6.38. The molecule has 0 saturated carbocycles. The fourth-order valence-electron chi connectivity index (χ4n) is 2.86. The Bertz CT molecular complexity index is 628. The zero-order valence-electron chi connectivity index (χ0n) is 14.7. The van der Waals surface area contributed by atoms with Crippen LogP contribution in [0, 0.1) is 11.8 Å². The van der Waals surface area contributed by atoms with Crippen LogP contribution in [0.25, 0.3) is 0 Å². The molecule has 1 aromatic rings. The van der Waals surface area contributed by atoms with Gasteiger partial charge in [-0.3, -0.25) is 9.59 Å². The molecule has 1 aromatic carbocycles. The highest BCUT2D eigenvalue weighted by Crippen LogP contribution is 2.20. The quantitative estimate of drug-likeness (QED) is 0.762. The Hall–Kier alpha value is -2.57. The van der Waals surface area contributed by atoms with Gasteiger partial charge in [-0.05, 0) is 43.0 Å². The summed E-state index contributed by atoms with van der Waals surface area (Å²) in [5.74, 6) is -0.108. The third kappa shape index (κ3) is 5.77. The number of carbonyl (C=O) groups excluding carboxylic acids is 3. The molecule has 1 saturated heterocycles. The van der Waals surface area contributed by atoms with Gasteiger partial charge in [-0.25, -0.2) is 4.79 Å². The zero-order chi connectivity index (χ0) is 18.4. The van der Waals surface area contributed by atoms with Crippen LogP contribution in [0.3, 0.4) is 0 Å². The summed E-state index contributed by atoms with van der Waals surface area (Å²) in [5.41, 5.74) is 6.64. The number of amides is 4. The molecule has 0 bridgehead atoms. The maximum absolute atomic E-state index is 12.4. The van der Waals surface area contributed by atoms with Gasteiger partial charge in [0.25, 0.3) is 0 Å². The Morgan fingerprint density at radius 2 is 1.76 bits per heavy atom. The molecule has 2 rings (SSSR count). The minimum Gasteiger partial charge on any atom is -0.351 e. The molecule has 7 heteroatoms. The molecule has 0 aromatic heterocycles. The van der Waals surface area contributed by atoms with Crippen LogP contribution in [0.4, 0.5) is 16.2 Å². The summed E-state index contributed by atoms with van der Waals surface area (Å²) in [7, 11) is 0. The highest BCUT2D eigenvalue weighted by Gasteiger charge is 2.27. The predicted octanol–water partition coefficient (Wildman–Crippen LogP) is 2.40. The number of nitrogens with one attached hydrogen (secondary N) is 2. The van der Waals surface area contributed by atoms with Crippen LogP contribution in [0.5, 0.6) is 0 Å². The number of benzene rings is 1. The number of hydrogen-bond acceptors (Lipinski definition) is 3. The van der Waals surface area contributed by atoms with Gasteiger partial charge in [0, 0.05) is 30.9 Å². The molecule has 1 heterocycles. The Morgan fingerprint density at radius 3 is 2.32 bits per heavy atom. The second kappa shape index (κ2) is 8.50. The molecule has 4 N–H and O–H groups in total. The number of piperidine rings is 1. The van der Waals surface area contributed by atoms with Crippen molar-refractivity contribution < 1.29 is 14.4 Å². The zero-order valence-corrected chi connectivity index (χ0v) is 14.7. The van der Waals surface area contributed by atoms with E-state index in [4.69, 9.17) is 5.73 Å². The number of nitrogens with zero attached hydrogens (tertiary/aromatic N) is 1. The summed E-state index contributed by atoms with van der Waals surface area (Å²) in [6, 6.07) is 6.52. The predicted molar refractivity (Wildman–Crippen MR) is 97.0 cm³/mol. The van der Waals surface area contributed by atoms with Gasteiger partial charge in [-0.15, -0.1) is 0 Å². The van der Waals surface area contributed by atoms with E-state index < -0.39 is 6.03 Å². The van der Waals surface area contributed by atoms with Gasteiger partial charge in [-0.1, -0.05) is 13.8 Å². The van der Waals surface area contributed by atoms with Crippen molar-refractivity contribution in [2.45, 2.75) is 33.1 Å². The molecule has 1 atom stereocenters. The fraction of sp³-hybridized carbons (Fsp3) is 0.500. The van der Waals surface area contributed by atoms with Crippen LogP contribution in [0.1, 0.15) is 33.1 Å². The van der Waals surface area contributed by atoms with Gasteiger partial charge in [0.15, 0.2) is 0 Å². The van der Waals surface area contributed by atoms with E-state index in [2.05, 4.69) is 10.6 Å². The Balaban J connectivity index is 1.89. The largest absolute Gasteiger partial charge is 0.351 e. The molecule has 0 radical (unpaired) electrons. The standard InChI is InChI=1S/C18H26N4O3/c1-12(2)10-16(23)20-14-5-7-15(8-6-14)21-17(24)13-4-3-9-22(11-13)18(19)25/h5-8,12-13H,3-4,9-11H2,1-2H3,(H2,19,25)(H,20,23)(H,21,24). The molecular weight excluding hydrogens is 320 g/mol. The first-order valence-electron chi connectivity index (χ1n) is 8.60. The van der Waals surface area contributed by atoms with Crippen LogP contribution >= 0.6 is 0 Å². The van der Waals surface area contributed by atoms with Crippen LogP contribution in [0.15, 0.2) is 24.3 Å². The maximum atomic E-state index is 12.4. The number of urea groups is 1. The highest BCUT2D eigenvalue weighted by atomic mass is 16.2. The number of carbonyl (C=O) groups is 3. The Morgan fingerprint density at radius 1 is 1.16 bits per heavy atom. The maximum Gasteiger partial charge on any atom is 0.314 e. The third-order valence-corrected chi connectivity index (χ3v) is 4.13. The van der Waals surface area contributed by atoms with E-state index in [-0.39, 0.29) is 17.7 Å². The van der Waals surface area contributed by atoms with E-state index >= 15 is 0 Å². The Labute approximate surface area is 147 Å². The summed E-state index contributed by atoms with van der Waals surface area (Å²) in [5, 5.41) is 5.68. The van der Waals surface area contributed by atoms with Gasteiger partial charge in [0.05, 0.1) is 5.92 Å². The first-order valence-corrected chi connectivity index (χ1v) is 8.60. The van der Waals surface area contributed by atoms with Crippen molar-refractivity contribution in [3.05, 3.63) is 24.3 Å². The lowest BCUT2D eigenvalue weighted by Gasteiger charge is -2.30. The minimum atomic E-state index is -0.487. The molecule has 1 unspecified atom stereocenters. The van der Waals surface area contributed by atoms with Crippen molar-refractivity contribution >= 4 is 29.2 Å². The van der Waals surface area contributed by atoms with E-state index in [1.807, 2.05) is 13.8 Å². The van der Waals surface area contributed by atoms with Crippen LogP contribution in [0.2, 0.25) is 0 Å². The average molecular weight is 346 g/mol. The fourth-order valence-corrected chi connectivity index (χ4v) is 2.86. The molecule has 1 aliphatic rings. The molecule has 1 aliphatic heterocycles. The van der Waals surface area contributed by atoms with E-state index in [1.54, 1.807) is 24.3 Å². The second-order valence-electron chi connectivity index (χ2n) is 6.84. The number of nitrogens with two attached hydrogens (primary N) is 1. The van der Waals surface area contributed by atoms with Crippen LogP contribution in [-0.4, -0.2) is 35.8 Å². The van der Waals surface area contributed by atoms with Crippen molar-refractivity contribution in [2.24, 2.45) is 17.6 Å². The summed E-state index contributed by atoms with van der Waals surface area (Å²) in [6.07, 6.45) is 1.97. The number of likely N-dealkylation sites (tertiary alicyclic amines) is 1. The van der Waals surface area contributed by atoms with Gasteiger partial charge < -0.3 is 21.3 Å². The van der Waals surface area contributed by atoms with Gasteiger partial charge in [0.2, 0.25) is 11.8 Å². The lowest BCUT2D eigenvalue weighted by molar-refractivity contribution is -0.121. The number of primary amides is 1. The summed E-state index contributed by atoms with van der Waals surface area (Å²) < 4.78 is 0. The van der Waals surface area contributed by atoms with E-state index in [9.17, 15) is 14.4 Å². The van der Waals surface area contributed by atoms with Gasteiger partial charge in [-0.2, -0.15) is 0 Å². The second-order valence-corrected chi connectivity index (χ2v) is 6.84. The van der Waals surface area contributed by atoms with Gasteiger partial charge >= 0.3 is 6.03 Å². The van der Waals surface area contributed by atoms with Crippen molar-refractivity contribution in [2.75, 3.05) is 23.7 Å². The molecule has 0 aliphatic carbocycles. The summed E-state index contributed by atoms with van der Waals surface area (Å²) >= 11 is 0. The smallest absolute Gasteiger partial charge is 0.314 e. The molecule has 0 spiro atoms. The SMILES string of the molecule is CC(C)CC(=O)Nc1ccc(NC(=O)C2CCCN(C(N)=O)C2)cc1. The van der Waals surface area contributed by atoms with Crippen molar-refractivity contribution in [3.8, 4) is 0 Å². The summed E-state index contributed by atoms with van der Waals surface area (Å²) in [6.45, 7) is 4.93. The van der Waals surface area contributed by atoms with Crippen molar-refractivity contribution in [3.63, 3.8) is 0 Å². The number of hydrogen-bond donors (Lipinski definition) is 3. The molecule has 136 valence electrons. The lowest BCUT2D eigenvalue weighted by atomic mass is 9.97. The average Bonchev–Trinajstić information content (AvgIpc) is 2.56. The van der Waals surface area contributed by atoms with E-state index in [0.717, 1.165) is 12.8 Å². The van der Waals surface area contributed by atoms with Gasteiger partial charge in [0.1, 0.15) is 0 Å². The number of rotatable bonds is 5. The molecule has 7 nitrogen and oxygen atoms in total. The molecule has 4 amide bonds. The number of anilines is 2. The van der Waals surface area contributed by atoms with E-state index in [1.165, 1.54) is 4.90 Å². The normalized spacial score (nSPS) is 17.2. The molecule has 25 heavy (non-hydrogen) atoms. The van der Waals surface area contributed by atoms with Crippen molar-refractivity contribution in [1.29, 1.82) is 0 Å². The van der Waals surface area contributed by atoms with Crippen LogP contribution in [-0.2, 0) is 9.59 Å². The monoisotopic (exact) mass is 346 g/mol. The topological polar surface area (TPSA) is 105 Å². The summed E-state index contributed by atoms with van der Waals surface area (Å²) in [4.78, 5) is 36.9. The first-order chi connectivity index (χ1) is 11.8. The van der Waals surface area contributed by atoms with Crippen molar-refractivity contribution in [1.82, 2.24) is 4.90 Å². The highest BCUT2D eigenvalue weighted by molar-refractivity contribution is 5.94. The lowest BCUT2D eigenvalue weighted by Crippen LogP contribution is -2.46. The first kappa shape index (κ1) is 18.8. The van der Waals surface area contributed by atoms with E-state index in [0.29, 0.717) is 36.8 Å². The molecular formula is C18H26N4O3. The molecule has 1 fully saturated rings.